The summed E-state index contributed by atoms with van der Waals surface area (Å²) in [6.07, 6.45) is 0.940. The molecule has 1 saturated heterocycles. The summed E-state index contributed by atoms with van der Waals surface area (Å²) in [5.74, 6) is -0.124. The van der Waals surface area contributed by atoms with Gasteiger partial charge in [-0.15, -0.1) is 17.9 Å². The molecule has 2 fully saturated rings. The number of amides is 2. The van der Waals surface area contributed by atoms with E-state index in [1.54, 1.807) is 40.9 Å². The molecular weight excluding hydrogens is 622 g/mol. The number of fused-ring (bicyclic) bond motifs is 1. The number of esters is 1. The maximum Gasteiger partial charge on any atom is 0.411 e. The van der Waals surface area contributed by atoms with Gasteiger partial charge in [-0.1, -0.05) is 6.08 Å². The Bertz CT molecular complexity index is 1670. The SMILES string of the molecule is C=C[C@@H]1C[C@]1(NC(=O)[C@@H]1C[C@@H](Oc2cc(-c3csc(NC(C)C)n3)nc3cc(OC)ccc23)CN1C(=O)OC(C)(C)C)C(=O)OCC. The lowest BCUT2D eigenvalue weighted by Crippen LogP contribution is -2.53. The summed E-state index contributed by atoms with van der Waals surface area (Å²) in [5.41, 5.74) is -0.0814. The molecule has 0 spiro atoms. The molecule has 47 heavy (non-hydrogen) atoms. The van der Waals surface area contributed by atoms with Crippen LogP contribution in [-0.4, -0.2) is 82.4 Å². The smallest absolute Gasteiger partial charge is 0.411 e. The molecule has 0 unspecified atom stereocenters. The minimum Gasteiger partial charge on any atom is -0.497 e. The average molecular weight is 666 g/mol. The van der Waals surface area contributed by atoms with Gasteiger partial charge in [0.2, 0.25) is 5.91 Å². The van der Waals surface area contributed by atoms with Crippen molar-refractivity contribution in [1.82, 2.24) is 20.2 Å². The first-order chi connectivity index (χ1) is 22.3. The summed E-state index contributed by atoms with van der Waals surface area (Å²) >= 11 is 1.48. The fourth-order valence-electron chi connectivity index (χ4n) is 5.63. The first kappa shape index (κ1) is 34.0. The third-order valence-electron chi connectivity index (χ3n) is 7.93. The molecule has 12 nitrogen and oxygen atoms in total. The third-order valence-corrected chi connectivity index (χ3v) is 8.70. The highest BCUT2D eigenvalue weighted by molar-refractivity contribution is 7.14. The highest BCUT2D eigenvalue weighted by Crippen LogP contribution is 2.46. The van der Waals surface area contributed by atoms with E-state index >= 15 is 0 Å². The molecule has 2 N–H and O–H groups in total. The number of benzene rings is 1. The zero-order valence-corrected chi connectivity index (χ0v) is 28.7. The number of rotatable bonds is 11. The standard InChI is InChI=1S/C34H43N5O7S/c1-9-20-16-34(20,30(41)44-10-2)38-29(40)27-14-22(17-39(27)32(42)46-33(5,6)7)45-28-15-25(26-18-47-31(37-26)35-19(3)4)36-24-13-21(43-8)11-12-23(24)28/h9,11-13,15,18-20,22,27H,1,10,14,16-17H2,2-8H3,(H,35,37)(H,38,40)/t20-,22-,27+,34-/m1/s1. The molecule has 13 heteroatoms. The van der Waals surface area contributed by atoms with Gasteiger partial charge in [0.15, 0.2) is 5.13 Å². The zero-order chi connectivity index (χ0) is 34.1. The molecule has 0 bridgehead atoms. The van der Waals surface area contributed by atoms with Crippen LogP contribution in [0.3, 0.4) is 0 Å². The lowest BCUT2D eigenvalue weighted by Gasteiger charge is -2.28. The van der Waals surface area contributed by atoms with Gasteiger partial charge >= 0.3 is 12.1 Å². The van der Waals surface area contributed by atoms with E-state index in [1.807, 2.05) is 43.5 Å². The van der Waals surface area contributed by atoms with Crippen molar-refractivity contribution in [3.05, 3.63) is 42.3 Å². The van der Waals surface area contributed by atoms with Gasteiger partial charge in [-0.2, -0.15) is 0 Å². The normalized spacial score (nSPS) is 22.1. The van der Waals surface area contributed by atoms with E-state index in [9.17, 15) is 14.4 Å². The van der Waals surface area contributed by atoms with E-state index in [2.05, 4.69) is 17.2 Å². The van der Waals surface area contributed by atoms with Crippen LogP contribution in [0.1, 0.15) is 54.4 Å². The maximum absolute atomic E-state index is 13.9. The summed E-state index contributed by atoms with van der Waals surface area (Å²) in [6.45, 7) is 15.1. The van der Waals surface area contributed by atoms with E-state index in [0.717, 1.165) is 10.5 Å². The Hall–Kier alpha value is -4.39. The van der Waals surface area contributed by atoms with E-state index in [-0.39, 0.29) is 31.5 Å². The number of hydrogen-bond acceptors (Lipinski definition) is 11. The number of anilines is 1. The third kappa shape index (κ3) is 7.45. The molecule has 2 aromatic heterocycles. The van der Waals surface area contributed by atoms with Crippen LogP contribution in [0.15, 0.2) is 42.3 Å². The van der Waals surface area contributed by atoms with Crippen LogP contribution in [0.5, 0.6) is 11.5 Å². The van der Waals surface area contributed by atoms with Crippen LogP contribution in [0.2, 0.25) is 0 Å². The number of aromatic nitrogens is 2. The molecule has 2 amide bonds. The minimum atomic E-state index is -1.21. The van der Waals surface area contributed by atoms with Gasteiger partial charge in [-0.05, 0) is 60.1 Å². The number of methoxy groups -OCH3 is 1. The predicted molar refractivity (Wildman–Crippen MR) is 180 cm³/mol. The number of nitrogens with one attached hydrogen (secondary N) is 2. The van der Waals surface area contributed by atoms with Crippen molar-refractivity contribution in [3.63, 3.8) is 0 Å². The van der Waals surface area contributed by atoms with Crippen molar-refractivity contribution in [2.24, 2.45) is 5.92 Å². The van der Waals surface area contributed by atoms with Crippen molar-refractivity contribution in [2.45, 2.75) is 83.7 Å². The Morgan fingerprint density at radius 3 is 2.60 bits per heavy atom. The van der Waals surface area contributed by atoms with Crippen LogP contribution in [0.4, 0.5) is 9.93 Å². The molecule has 252 valence electrons. The molecular formula is C34H43N5O7S. The second-order valence-corrected chi connectivity index (χ2v) is 13.9. The quantitative estimate of drug-likeness (QED) is 0.197. The summed E-state index contributed by atoms with van der Waals surface area (Å²) in [4.78, 5) is 51.1. The first-order valence-electron chi connectivity index (χ1n) is 15.8. The summed E-state index contributed by atoms with van der Waals surface area (Å²) in [7, 11) is 1.59. The van der Waals surface area contributed by atoms with Gasteiger partial charge in [-0.3, -0.25) is 9.69 Å². The zero-order valence-electron chi connectivity index (χ0n) is 27.9. The van der Waals surface area contributed by atoms with Crippen LogP contribution in [-0.2, 0) is 19.1 Å². The second-order valence-electron chi connectivity index (χ2n) is 13.1. The largest absolute Gasteiger partial charge is 0.497 e. The summed E-state index contributed by atoms with van der Waals surface area (Å²) in [5, 5.41) is 9.64. The van der Waals surface area contributed by atoms with Crippen molar-refractivity contribution >= 4 is 45.3 Å². The van der Waals surface area contributed by atoms with Crippen LogP contribution >= 0.6 is 11.3 Å². The van der Waals surface area contributed by atoms with Crippen molar-refractivity contribution in [3.8, 4) is 22.9 Å². The molecule has 3 aromatic rings. The van der Waals surface area contributed by atoms with E-state index in [0.29, 0.717) is 34.8 Å². The first-order valence-corrected chi connectivity index (χ1v) is 16.6. The lowest BCUT2D eigenvalue weighted by molar-refractivity contribution is -0.149. The van der Waals surface area contributed by atoms with Crippen LogP contribution < -0.4 is 20.1 Å². The number of likely N-dealkylation sites (tertiary alicyclic amines) is 1. The van der Waals surface area contributed by atoms with Crippen molar-refractivity contribution in [2.75, 3.05) is 25.6 Å². The number of nitrogens with zero attached hydrogens (tertiary/aromatic N) is 3. The number of hydrogen-bond donors (Lipinski definition) is 2. The molecule has 5 rings (SSSR count). The van der Waals surface area contributed by atoms with Gasteiger partial charge in [0.05, 0.1) is 31.5 Å². The Morgan fingerprint density at radius 1 is 1.19 bits per heavy atom. The second kappa shape index (κ2) is 13.4. The number of pyridine rings is 1. The molecule has 1 saturated carbocycles. The van der Waals surface area contributed by atoms with Crippen molar-refractivity contribution in [1.29, 1.82) is 0 Å². The van der Waals surface area contributed by atoms with E-state index in [1.165, 1.54) is 16.2 Å². The molecule has 2 aliphatic rings. The van der Waals surface area contributed by atoms with Crippen LogP contribution in [0, 0.1) is 5.92 Å². The number of carbonyl (C=O) groups excluding carboxylic acids is 3. The maximum atomic E-state index is 13.9. The number of ether oxygens (including phenoxy) is 4. The lowest BCUT2D eigenvalue weighted by atomic mass is 10.1. The molecule has 4 atom stereocenters. The Morgan fingerprint density at radius 2 is 1.96 bits per heavy atom. The van der Waals surface area contributed by atoms with Gasteiger partial charge in [0.25, 0.3) is 0 Å². The highest BCUT2D eigenvalue weighted by Gasteiger charge is 2.62. The average Bonchev–Trinajstić information content (AvgIpc) is 3.29. The molecule has 1 aliphatic heterocycles. The van der Waals surface area contributed by atoms with Gasteiger partial charge in [0, 0.05) is 41.3 Å². The van der Waals surface area contributed by atoms with Crippen LogP contribution in [0.25, 0.3) is 22.3 Å². The van der Waals surface area contributed by atoms with Gasteiger partial charge in [-0.25, -0.2) is 19.6 Å². The molecule has 3 heterocycles. The number of carbonyl (C=O) groups is 3. The predicted octanol–water partition coefficient (Wildman–Crippen LogP) is 5.57. The van der Waals surface area contributed by atoms with E-state index in [4.69, 9.17) is 28.9 Å². The summed E-state index contributed by atoms with van der Waals surface area (Å²) < 4.78 is 23.0. The number of thiazole rings is 1. The Balaban J connectivity index is 1.46. The van der Waals surface area contributed by atoms with Gasteiger partial charge in [0.1, 0.15) is 40.5 Å². The highest BCUT2D eigenvalue weighted by atomic mass is 32.1. The Labute approximate surface area is 278 Å². The molecule has 1 aromatic carbocycles. The van der Waals surface area contributed by atoms with E-state index < -0.39 is 41.3 Å². The fraction of sp³-hybridized carbons (Fsp3) is 0.500. The van der Waals surface area contributed by atoms with Gasteiger partial charge < -0.3 is 29.6 Å². The molecule has 0 radical (unpaired) electrons. The minimum absolute atomic E-state index is 0.0821. The monoisotopic (exact) mass is 665 g/mol. The Kier molecular flexibility index (Phi) is 9.67. The molecule has 1 aliphatic carbocycles. The fourth-order valence-corrected chi connectivity index (χ4v) is 6.49. The van der Waals surface area contributed by atoms with Crippen molar-refractivity contribution < 1.29 is 33.3 Å². The topological polar surface area (TPSA) is 141 Å². The summed E-state index contributed by atoms with van der Waals surface area (Å²) in [6, 6.07) is 6.60.